The molecule has 0 radical (unpaired) electrons. The number of rotatable bonds is 3. The van der Waals surface area contributed by atoms with E-state index in [0.717, 1.165) is 57.3 Å². The molecule has 4 fully saturated rings. The smallest absolute Gasteiger partial charge is 0.225 e. The molecule has 0 spiro atoms. The average Bonchev–Trinajstić information content (AvgIpc) is 3.16. The van der Waals surface area contributed by atoms with Crippen LogP contribution in [0.2, 0.25) is 0 Å². The molecule has 0 aromatic carbocycles. The van der Waals surface area contributed by atoms with E-state index in [1.807, 2.05) is 9.80 Å². The second-order valence-corrected chi connectivity index (χ2v) is 7.62. The molecule has 4 rings (SSSR count). The highest BCUT2D eigenvalue weighted by atomic mass is 16.2. The predicted molar refractivity (Wildman–Crippen MR) is 79.4 cm³/mol. The molecule has 4 heteroatoms. The highest BCUT2D eigenvalue weighted by Crippen LogP contribution is 2.49. The van der Waals surface area contributed by atoms with Crippen LogP contribution in [0.15, 0.2) is 0 Å². The molecule has 3 unspecified atom stereocenters. The molecule has 1 heterocycles. The summed E-state index contributed by atoms with van der Waals surface area (Å²) in [5.74, 6) is 3.38. The zero-order chi connectivity index (χ0) is 14.4. The lowest BCUT2D eigenvalue weighted by atomic mass is 9.86. The van der Waals surface area contributed by atoms with Crippen molar-refractivity contribution in [1.82, 2.24) is 9.80 Å². The van der Waals surface area contributed by atoms with Crippen LogP contribution in [-0.4, -0.2) is 47.8 Å². The number of piperazine rings is 1. The molecule has 2 amide bonds. The fourth-order valence-electron chi connectivity index (χ4n) is 4.74. The zero-order valence-electron chi connectivity index (χ0n) is 12.8. The van der Waals surface area contributed by atoms with Crippen molar-refractivity contribution in [2.45, 2.75) is 44.9 Å². The van der Waals surface area contributed by atoms with Gasteiger partial charge in [-0.3, -0.25) is 9.59 Å². The van der Waals surface area contributed by atoms with Gasteiger partial charge in [-0.05, 0) is 49.9 Å². The number of hydrogen-bond acceptors (Lipinski definition) is 2. The van der Waals surface area contributed by atoms with Crippen molar-refractivity contribution in [3.63, 3.8) is 0 Å². The summed E-state index contributed by atoms with van der Waals surface area (Å²) in [5, 5.41) is 0. The van der Waals surface area contributed by atoms with Gasteiger partial charge in [-0.25, -0.2) is 0 Å². The zero-order valence-corrected chi connectivity index (χ0v) is 12.8. The minimum atomic E-state index is 0.307. The lowest BCUT2D eigenvalue weighted by Gasteiger charge is -2.36. The van der Waals surface area contributed by atoms with Gasteiger partial charge in [-0.15, -0.1) is 0 Å². The highest BCUT2D eigenvalue weighted by molar-refractivity contribution is 5.82. The van der Waals surface area contributed by atoms with Crippen LogP contribution in [0.5, 0.6) is 0 Å². The third-order valence-corrected chi connectivity index (χ3v) is 6.19. The van der Waals surface area contributed by atoms with E-state index in [4.69, 9.17) is 0 Å². The fourth-order valence-corrected chi connectivity index (χ4v) is 4.74. The summed E-state index contributed by atoms with van der Waals surface area (Å²) in [6.07, 6.45) is 8.32. The Morgan fingerprint density at radius 3 is 2.14 bits per heavy atom. The van der Waals surface area contributed by atoms with Crippen LogP contribution in [0.25, 0.3) is 0 Å². The summed E-state index contributed by atoms with van der Waals surface area (Å²) in [7, 11) is 0. The second-order valence-electron chi connectivity index (χ2n) is 7.62. The monoisotopic (exact) mass is 290 g/mol. The van der Waals surface area contributed by atoms with Crippen molar-refractivity contribution < 1.29 is 9.59 Å². The van der Waals surface area contributed by atoms with Gasteiger partial charge in [0.05, 0.1) is 0 Å². The maximum atomic E-state index is 12.5. The molecule has 3 saturated carbocycles. The molecule has 3 aliphatic carbocycles. The Labute approximate surface area is 126 Å². The number of carbonyl (C=O) groups is 2. The SMILES string of the molecule is O=C(CC1CC2CCC1C2)N1CCN(C(=O)C2CC2)CC1. The molecule has 0 aromatic rings. The number of amides is 2. The lowest BCUT2D eigenvalue weighted by molar-refractivity contribution is -0.141. The first kappa shape index (κ1) is 13.6. The van der Waals surface area contributed by atoms with Gasteiger partial charge >= 0.3 is 0 Å². The van der Waals surface area contributed by atoms with Crippen LogP contribution >= 0.6 is 0 Å². The van der Waals surface area contributed by atoms with Crippen LogP contribution in [0.1, 0.15) is 44.9 Å². The van der Waals surface area contributed by atoms with Gasteiger partial charge in [-0.2, -0.15) is 0 Å². The van der Waals surface area contributed by atoms with E-state index < -0.39 is 0 Å². The first-order valence-electron chi connectivity index (χ1n) is 8.77. The Bertz CT molecular complexity index is 438. The van der Waals surface area contributed by atoms with Gasteiger partial charge in [0, 0.05) is 38.5 Å². The van der Waals surface area contributed by atoms with Gasteiger partial charge in [-0.1, -0.05) is 6.42 Å². The summed E-state index contributed by atoms with van der Waals surface area (Å²) in [4.78, 5) is 28.5. The second kappa shape index (κ2) is 5.29. The molecule has 1 aliphatic heterocycles. The molecule has 0 N–H and O–H groups in total. The van der Waals surface area contributed by atoms with Crippen molar-refractivity contribution >= 4 is 11.8 Å². The Kier molecular flexibility index (Phi) is 3.43. The minimum absolute atomic E-state index is 0.307. The quantitative estimate of drug-likeness (QED) is 0.796. The van der Waals surface area contributed by atoms with Gasteiger partial charge in [0.1, 0.15) is 0 Å². The van der Waals surface area contributed by atoms with Gasteiger partial charge in [0.25, 0.3) is 0 Å². The maximum absolute atomic E-state index is 12.5. The molecule has 4 aliphatic rings. The molecule has 2 bridgehead atoms. The summed E-state index contributed by atoms with van der Waals surface area (Å²) in [5.41, 5.74) is 0. The van der Waals surface area contributed by atoms with Crippen molar-refractivity contribution in [2.24, 2.45) is 23.7 Å². The number of fused-ring (bicyclic) bond motifs is 2. The molecule has 21 heavy (non-hydrogen) atoms. The van der Waals surface area contributed by atoms with Crippen LogP contribution in [0.4, 0.5) is 0 Å². The van der Waals surface area contributed by atoms with E-state index >= 15 is 0 Å². The summed E-state index contributed by atoms with van der Waals surface area (Å²) >= 11 is 0. The van der Waals surface area contributed by atoms with Crippen LogP contribution in [0, 0.1) is 23.7 Å². The first-order valence-corrected chi connectivity index (χ1v) is 8.77. The highest BCUT2D eigenvalue weighted by Gasteiger charge is 2.41. The van der Waals surface area contributed by atoms with E-state index in [1.165, 1.54) is 25.7 Å². The predicted octanol–water partition coefficient (Wildman–Crippen LogP) is 1.89. The third kappa shape index (κ3) is 2.69. The van der Waals surface area contributed by atoms with Crippen LogP contribution in [0.3, 0.4) is 0 Å². The van der Waals surface area contributed by atoms with E-state index in [1.54, 1.807) is 0 Å². The Hall–Kier alpha value is -1.06. The van der Waals surface area contributed by atoms with Crippen molar-refractivity contribution in [3.8, 4) is 0 Å². The van der Waals surface area contributed by atoms with Gasteiger partial charge in [0.2, 0.25) is 11.8 Å². The van der Waals surface area contributed by atoms with E-state index in [-0.39, 0.29) is 0 Å². The lowest BCUT2D eigenvalue weighted by Crippen LogP contribution is -2.51. The van der Waals surface area contributed by atoms with Crippen LogP contribution < -0.4 is 0 Å². The largest absolute Gasteiger partial charge is 0.339 e. The fraction of sp³-hybridized carbons (Fsp3) is 0.882. The average molecular weight is 290 g/mol. The maximum Gasteiger partial charge on any atom is 0.225 e. The standard InChI is InChI=1S/C17H26N2O2/c20-16(11-15-10-12-1-2-14(15)9-12)18-5-7-19(8-6-18)17(21)13-3-4-13/h12-15H,1-11H2. The molecular formula is C17H26N2O2. The Balaban J connectivity index is 1.25. The normalized spacial score (nSPS) is 35.3. The molecule has 3 atom stereocenters. The van der Waals surface area contributed by atoms with Gasteiger partial charge < -0.3 is 9.80 Å². The summed E-state index contributed by atoms with van der Waals surface area (Å²) < 4.78 is 0. The first-order chi connectivity index (χ1) is 10.2. The van der Waals surface area contributed by atoms with Crippen molar-refractivity contribution in [1.29, 1.82) is 0 Å². The number of hydrogen-bond donors (Lipinski definition) is 0. The Morgan fingerprint density at radius 2 is 1.57 bits per heavy atom. The number of carbonyl (C=O) groups excluding carboxylic acids is 2. The Morgan fingerprint density at radius 1 is 0.857 bits per heavy atom. The number of nitrogens with zero attached hydrogens (tertiary/aromatic N) is 2. The topological polar surface area (TPSA) is 40.6 Å². The minimum Gasteiger partial charge on any atom is -0.339 e. The molecule has 116 valence electrons. The third-order valence-electron chi connectivity index (χ3n) is 6.19. The molecular weight excluding hydrogens is 264 g/mol. The summed E-state index contributed by atoms with van der Waals surface area (Å²) in [6, 6.07) is 0. The van der Waals surface area contributed by atoms with E-state index in [9.17, 15) is 9.59 Å². The molecule has 0 aromatic heterocycles. The van der Waals surface area contributed by atoms with E-state index in [0.29, 0.717) is 23.7 Å². The van der Waals surface area contributed by atoms with Crippen molar-refractivity contribution in [3.05, 3.63) is 0 Å². The molecule has 4 nitrogen and oxygen atoms in total. The van der Waals surface area contributed by atoms with E-state index in [2.05, 4.69) is 0 Å². The van der Waals surface area contributed by atoms with Gasteiger partial charge in [0.15, 0.2) is 0 Å². The molecule has 1 saturated heterocycles. The van der Waals surface area contributed by atoms with Crippen molar-refractivity contribution in [2.75, 3.05) is 26.2 Å². The van der Waals surface area contributed by atoms with Crippen LogP contribution in [-0.2, 0) is 9.59 Å². The summed E-state index contributed by atoms with van der Waals surface area (Å²) in [6.45, 7) is 2.99.